The summed E-state index contributed by atoms with van der Waals surface area (Å²) in [5, 5.41) is 8.15. The molecule has 1 atom stereocenters. The van der Waals surface area contributed by atoms with Gasteiger partial charge in [0.25, 0.3) is 0 Å². The van der Waals surface area contributed by atoms with Crippen LogP contribution in [-0.4, -0.2) is 36.9 Å². The minimum atomic E-state index is -3.91. The average Bonchev–Trinajstić information content (AvgIpc) is 2.00. The van der Waals surface area contributed by atoms with Crippen LogP contribution in [0.15, 0.2) is 0 Å². The molecule has 1 unspecified atom stereocenters. The van der Waals surface area contributed by atoms with Gasteiger partial charge in [-0.2, -0.15) is 8.78 Å². The highest BCUT2D eigenvalue weighted by Gasteiger charge is 2.52. The summed E-state index contributed by atoms with van der Waals surface area (Å²) in [7, 11) is 0. The van der Waals surface area contributed by atoms with E-state index in [4.69, 9.17) is 5.11 Å². The molecule has 0 aromatic heterocycles. The number of hydrogen-bond acceptors (Lipinski definition) is 3. The normalized spacial score (nSPS) is 17.1. The minimum Gasteiger partial charge on any atom is -0.371 e. The molecule has 0 aromatic rings. The van der Waals surface area contributed by atoms with Gasteiger partial charge in [-0.25, -0.2) is 4.39 Å². The highest BCUT2D eigenvalue weighted by molar-refractivity contribution is 4.82. The molecule has 3 nitrogen and oxygen atoms in total. The molecule has 0 fully saturated rings. The standard InChI is InChI=1S/C7H13F3O3/c1-3-13-7(9,10)6(2,8)4-12-5-11/h11H,3-5H2,1-2H3. The van der Waals surface area contributed by atoms with Crippen LogP contribution < -0.4 is 0 Å². The Labute approximate surface area is 74.4 Å². The molecule has 80 valence electrons. The Morgan fingerprint density at radius 3 is 2.23 bits per heavy atom. The third-order valence-electron chi connectivity index (χ3n) is 1.40. The zero-order valence-corrected chi connectivity index (χ0v) is 7.52. The first-order valence-corrected chi connectivity index (χ1v) is 3.76. The van der Waals surface area contributed by atoms with Gasteiger partial charge < -0.3 is 14.6 Å². The van der Waals surface area contributed by atoms with Gasteiger partial charge in [-0.3, -0.25) is 0 Å². The largest absolute Gasteiger partial charge is 0.391 e. The second-order valence-corrected chi connectivity index (χ2v) is 2.62. The zero-order chi connectivity index (χ0) is 10.5. The summed E-state index contributed by atoms with van der Waals surface area (Å²) < 4.78 is 46.7. The fraction of sp³-hybridized carbons (Fsp3) is 1.00. The average molecular weight is 202 g/mol. The molecule has 0 spiro atoms. The van der Waals surface area contributed by atoms with E-state index in [1.165, 1.54) is 6.92 Å². The van der Waals surface area contributed by atoms with Crippen molar-refractivity contribution in [1.82, 2.24) is 0 Å². The van der Waals surface area contributed by atoms with Gasteiger partial charge in [0.15, 0.2) is 0 Å². The Balaban J connectivity index is 4.22. The number of aliphatic hydroxyl groups excluding tert-OH is 1. The van der Waals surface area contributed by atoms with E-state index < -0.39 is 25.2 Å². The third-order valence-corrected chi connectivity index (χ3v) is 1.40. The predicted molar refractivity (Wildman–Crippen MR) is 39.1 cm³/mol. The summed E-state index contributed by atoms with van der Waals surface area (Å²) >= 11 is 0. The molecule has 0 bridgehead atoms. The van der Waals surface area contributed by atoms with Gasteiger partial charge in [-0.05, 0) is 13.8 Å². The third kappa shape index (κ3) is 3.50. The molecule has 1 N–H and O–H groups in total. The van der Waals surface area contributed by atoms with Crippen LogP contribution in [0.25, 0.3) is 0 Å². The Morgan fingerprint density at radius 2 is 1.85 bits per heavy atom. The van der Waals surface area contributed by atoms with E-state index in [0.29, 0.717) is 6.92 Å². The van der Waals surface area contributed by atoms with Crippen LogP contribution in [0.1, 0.15) is 13.8 Å². The molecule has 0 aliphatic carbocycles. The Bertz CT molecular complexity index is 150. The maximum Gasteiger partial charge on any atom is 0.391 e. The van der Waals surface area contributed by atoms with Gasteiger partial charge in [0, 0.05) is 0 Å². The lowest BCUT2D eigenvalue weighted by Crippen LogP contribution is -2.47. The van der Waals surface area contributed by atoms with Gasteiger partial charge in [0.05, 0.1) is 13.2 Å². The van der Waals surface area contributed by atoms with Crippen molar-refractivity contribution in [3.63, 3.8) is 0 Å². The SMILES string of the molecule is CCOC(F)(F)C(C)(F)COCO. The zero-order valence-electron chi connectivity index (χ0n) is 7.52. The van der Waals surface area contributed by atoms with Crippen molar-refractivity contribution in [2.45, 2.75) is 25.6 Å². The number of hydrogen-bond donors (Lipinski definition) is 1. The Kier molecular flexibility index (Phi) is 4.66. The van der Waals surface area contributed by atoms with Crippen LogP contribution in [0.2, 0.25) is 0 Å². The summed E-state index contributed by atoms with van der Waals surface area (Å²) in [5.74, 6) is 0. The first-order valence-electron chi connectivity index (χ1n) is 3.76. The molecule has 0 radical (unpaired) electrons. The van der Waals surface area contributed by atoms with Crippen LogP contribution in [0, 0.1) is 0 Å². The van der Waals surface area contributed by atoms with Crippen LogP contribution in [-0.2, 0) is 9.47 Å². The van der Waals surface area contributed by atoms with Crippen molar-refractivity contribution in [2.75, 3.05) is 20.0 Å². The molecule has 0 aliphatic heterocycles. The molecule has 6 heteroatoms. The van der Waals surface area contributed by atoms with E-state index in [1.54, 1.807) is 0 Å². The summed E-state index contributed by atoms with van der Waals surface area (Å²) in [6.45, 7) is -0.0426. The number of aliphatic hydroxyl groups is 1. The molecule has 13 heavy (non-hydrogen) atoms. The summed E-state index contributed by atoms with van der Waals surface area (Å²) in [6.07, 6.45) is -3.91. The van der Waals surface area contributed by atoms with E-state index in [0.717, 1.165) is 0 Å². The second kappa shape index (κ2) is 4.78. The number of rotatable bonds is 6. The maximum atomic E-state index is 13.1. The van der Waals surface area contributed by atoms with Gasteiger partial charge >= 0.3 is 6.11 Å². The van der Waals surface area contributed by atoms with Crippen molar-refractivity contribution in [3.8, 4) is 0 Å². The second-order valence-electron chi connectivity index (χ2n) is 2.62. The quantitative estimate of drug-likeness (QED) is 0.660. The lowest BCUT2D eigenvalue weighted by Gasteiger charge is -2.28. The number of alkyl halides is 3. The molecule has 0 aliphatic rings. The molecule has 0 aromatic carbocycles. The first kappa shape index (κ1) is 12.7. The first-order chi connectivity index (χ1) is 5.87. The van der Waals surface area contributed by atoms with Crippen LogP contribution >= 0.6 is 0 Å². The van der Waals surface area contributed by atoms with Crippen molar-refractivity contribution >= 4 is 0 Å². The van der Waals surface area contributed by atoms with Gasteiger partial charge in [0.1, 0.15) is 6.79 Å². The lowest BCUT2D eigenvalue weighted by atomic mass is 10.1. The van der Waals surface area contributed by atoms with Gasteiger partial charge in [0.2, 0.25) is 5.67 Å². The van der Waals surface area contributed by atoms with Crippen LogP contribution in [0.5, 0.6) is 0 Å². The molecular formula is C7H13F3O3. The highest BCUT2D eigenvalue weighted by atomic mass is 19.3. The monoisotopic (exact) mass is 202 g/mol. The fourth-order valence-electron chi connectivity index (χ4n) is 0.653. The summed E-state index contributed by atoms with van der Waals surface area (Å²) in [5.41, 5.74) is -2.94. The van der Waals surface area contributed by atoms with Crippen molar-refractivity contribution in [2.24, 2.45) is 0 Å². The Hall–Kier alpha value is -0.330. The molecule has 0 saturated carbocycles. The smallest absolute Gasteiger partial charge is 0.371 e. The molecule has 0 heterocycles. The van der Waals surface area contributed by atoms with Crippen molar-refractivity contribution < 1.29 is 27.8 Å². The van der Waals surface area contributed by atoms with Gasteiger partial charge in [-0.15, -0.1) is 0 Å². The molecular weight excluding hydrogens is 189 g/mol. The number of ether oxygens (including phenoxy) is 2. The van der Waals surface area contributed by atoms with E-state index in [9.17, 15) is 13.2 Å². The van der Waals surface area contributed by atoms with E-state index in [1.807, 2.05) is 0 Å². The lowest BCUT2D eigenvalue weighted by molar-refractivity contribution is -0.314. The van der Waals surface area contributed by atoms with E-state index >= 15 is 0 Å². The molecule has 0 rings (SSSR count). The maximum absolute atomic E-state index is 13.1. The Morgan fingerprint density at radius 1 is 1.31 bits per heavy atom. The van der Waals surface area contributed by atoms with Crippen LogP contribution in [0.3, 0.4) is 0 Å². The number of halogens is 3. The molecule has 0 saturated heterocycles. The minimum absolute atomic E-state index is 0.300. The fourth-order valence-corrected chi connectivity index (χ4v) is 0.653. The topological polar surface area (TPSA) is 38.7 Å². The highest BCUT2D eigenvalue weighted by Crippen LogP contribution is 2.33. The van der Waals surface area contributed by atoms with Gasteiger partial charge in [-0.1, -0.05) is 0 Å². The van der Waals surface area contributed by atoms with E-state index in [2.05, 4.69) is 9.47 Å². The summed E-state index contributed by atoms with van der Waals surface area (Å²) in [6, 6.07) is 0. The van der Waals surface area contributed by atoms with Crippen molar-refractivity contribution in [1.29, 1.82) is 0 Å². The summed E-state index contributed by atoms with van der Waals surface area (Å²) in [4.78, 5) is 0. The van der Waals surface area contributed by atoms with E-state index in [-0.39, 0.29) is 6.61 Å². The van der Waals surface area contributed by atoms with Crippen LogP contribution in [0.4, 0.5) is 13.2 Å². The predicted octanol–water partition coefficient (Wildman–Crippen LogP) is 1.31. The van der Waals surface area contributed by atoms with Crippen molar-refractivity contribution in [3.05, 3.63) is 0 Å². The molecule has 0 amide bonds.